The molecule has 12 nitrogen and oxygen atoms in total. The molecule has 0 radical (unpaired) electrons. The quantitative estimate of drug-likeness (QED) is 0.213. The van der Waals surface area contributed by atoms with E-state index in [1.165, 1.54) is 6.08 Å². The van der Waals surface area contributed by atoms with Gasteiger partial charge in [-0.3, -0.25) is 0 Å². The number of ether oxygens (including phenoxy) is 7. The normalized spacial score (nSPS) is 36.0. The fourth-order valence-electron chi connectivity index (χ4n) is 6.89. The molecule has 0 spiro atoms. The van der Waals surface area contributed by atoms with Gasteiger partial charge < -0.3 is 53.8 Å². The molecule has 3 fully saturated rings. The van der Waals surface area contributed by atoms with Gasteiger partial charge in [-0.15, -0.1) is 0 Å². The number of aliphatic hydroxyl groups excluding tert-OH is 3. The van der Waals surface area contributed by atoms with Gasteiger partial charge in [-0.1, -0.05) is 93.6 Å². The maximum Gasteiger partial charge on any atom is 0.407 e. The zero-order chi connectivity index (χ0) is 35.6. The average Bonchev–Trinajstić information content (AvgIpc) is 3.12. The predicted octanol–water partition coefficient (Wildman–Crippen LogP) is 3.85. The number of nitrogens with one attached hydrogen (secondary N) is 1. The van der Waals surface area contributed by atoms with E-state index in [0.29, 0.717) is 19.6 Å². The van der Waals surface area contributed by atoms with Crippen LogP contribution in [0, 0.1) is 11.8 Å². The minimum Gasteiger partial charge on any atom is -0.445 e. The van der Waals surface area contributed by atoms with Gasteiger partial charge in [0.25, 0.3) is 0 Å². The molecule has 2 heterocycles. The van der Waals surface area contributed by atoms with Crippen LogP contribution < -0.4 is 5.32 Å². The molecular weight excluding hydrogens is 646 g/mol. The average molecular weight is 700 g/mol. The van der Waals surface area contributed by atoms with E-state index in [2.05, 4.69) is 25.7 Å². The first-order valence-corrected chi connectivity index (χ1v) is 17.6. The Hall–Kier alpha value is -2.91. The van der Waals surface area contributed by atoms with E-state index in [4.69, 9.17) is 33.2 Å². The van der Waals surface area contributed by atoms with Crippen molar-refractivity contribution in [1.29, 1.82) is 0 Å². The first kappa shape index (κ1) is 38.3. The van der Waals surface area contributed by atoms with Crippen molar-refractivity contribution in [3.8, 4) is 0 Å². The first-order valence-electron chi connectivity index (χ1n) is 17.6. The summed E-state index contributed by atoms with van der Waals surface area (Å²) in [6, 6.07) is 18.7. The lowest BCUT2D eigenvalue weighted by Gasteiger charge is -2.48. The first-order chi connectivity index (χ1) is 24.2. The molecule has 2 aromatic rings. The second-order valence-corrected chi connectivity index (χ2v) is 13.5. The number of rotatable bonds is 14. The molecule has 3 aliphatic rings. The van der Waals surface area contributed by atoms with E-state index in [0.717, 1.165) is 24.0 Å². The summed E-state index contributed by atoms with van der Waals surface area (Å²) in [5.41, 5.74) is 2.05. The van der Waals surface area contributed by atoms with Crippen LogP contribution >= 0.6 is 0 Å². The highest BCUT2D eigenvalue weighted by Gasteiger charge is 2.50. The van der Waals surface area contributed by atoms with Gasteiger partial charge in [0.05, 0.1) is 44.2 Å². The molecule has 4 N–H and O–H groups in total. The third-order valence-electron chi connectivity index (χ3n) is 9.94. The Labute approximate surface area is 294 Å². The number of hydrogen-bond acceptors (Lipinski definition) is 11. The van der Waals surface area contributed by atoms with Crippen molar-refractivity contribution in [2.45, 2.75) is 121 Å². The topological polar surface area (TPSA) is 154 Å². The molecule has 2 aliphatic heterocycles. The number of alkyl carbamates (subject to hydrolysis) is 1. The third kappa shape index (κ3) is 9.69. The van der Waals surface area contributed by atoms with Crippen molar-refractivity contribution in [1.82, 2.24) is 5.32 Å². The van der Waals surface area contributed by atoms with Gasteiger partial charge in [-0.25, -0.2) is 4.79 Å². The lowest BCUT2D eigenvalue weighted by Crippen LogP contribution is -2.66. The maximum atomic E-state index is 12.5. The molecule has 1 aliphatic carbocycles. The summed E-state index contributed by atoms with van der Waals surface area (Å²) in [5.74, 6) is 0.0176. The molecule has 2 saturated heterocycles. The van der Waals surface area contributed by atoms with Crippen molar-refractivity contribution >= 4 is 6.09 Å². The van der Waals surface area contributed by atoms with Crippen molar-refractivity contribution in [2.75, 3.05) is 13.2 Å². The minimum atomic E-state index is -1.51. The second-order valence-electron chi connectivity index (χ2n) is 13.5. The Kier molecular flexibility index (Phi) is 14.2. The Balaban J connectivity index is 1.37. The number of hydrogen-bond donors (Lipinski definition) is 4. The fraction of sp³-hybridized carbons (Fsp3) is 0.605. The summed E-state index contributed by atoms with van der Waals surface area (Å²) < 4.78 is 44.2. The molecule has 5 unspecified atom stereocenters. The zero-order valence-electron chi connectivity index (χ0n) is 29.1. The summed E-state index contributed by atoms with van der Waals surface area (Å²) >= 11 is 0. The Bertz CT molecular complexity index is 1320. The Morgan fingerprint density at radius 3 is 2.12 bits per heavy atom. The molecule has 276 valence electrons. The number of aliphatic hydroxyl groups is 3. The van der Waals surface area contributed by atoms with Crippen LogP contribution in [0.4, 0.5) is 4.79 Å². The lowest BCUT2D eigenvalue weighted by atomic mass is 9.85. The number of benzene rings is 2. The smallest absolute Gasteiger partial charge is 0.407 e. The van der Waals surface area contributed by atoms with E-state index in [9.17, 15) is 20.1 Å². The van der Waals surface area contributed by atoms with Crippen molar-refractivity contribution in [2.24, 2.45) is 11.8 Å². The molecular formula is C38H53NO11. The molecule has 0 bridgehead atoms. The summed E-state index contributed by atoms with van der Waals surface area (Å²) in [4.78, 5) is 12.5. The van der Waals surface area contributed by atoms with Crippen LogP contribution in [0.25, 0.3) is 0 Å². The standard InChI is InChI=1S/C38H53NO11/c1-5-19-44-38(43)39-30-32(42)31(41)29(20-40)49-36(30)48-28-18-12-13-23(2)33(28)50-37-35(46-22-27-16-10-7-11-17-27)34(24(3)25(4)47-37)45-21-26-14-8-6-9-15-26/h5-11,14-17,23-25,28-37,40-42H,1,12-13,18-22H2,2-4H3,(H,39,43)/t23?,24-,25?,28-,29+,30?,31+,32?,33-,34+,35?,36-,37+/m1/s1. The van der Waals surface area contributed by atoms with Crippen LogP contribution in [0.15, 0.2) is 73.3 Å². The van der Waals surface area contributed by atoms with Crippen LogP contribution in [0.5, 0.6) is 0 Å². The van der Waals surface area contributed by atoms with Gasteiger partial charge >= 0.3 is 6.09 Å². The lowest BCUT2D eigenvalue weighted by molar-refractivity contribution is -0.338. The van der Waals surface area contributed by atoms with Crippen molar-refractivity contribution in [3.63, 3.8) is 0 Å². The zero-order valence-corrected chi connectivity index (χ0v) is 29.1. The van der Waals surface area contributed by atoms with Crippen molar-refractivity contribution < 1.29 is 53.3 Å². The van der Waals surface area contributed by atoms with Crippen LogP contribution in [0.2, 0.25) is 0 Å². The SMILES string of the molecule is C=CCOC(=O)NC1C(O)[C@@H](O)[C@H](CO)O[C@H]1O[C@@H]1CCCC(C)[C@H]1O[C@@H]1OC(C)[C@@H](C)[C@H](OCc2ccccc2)C1OCc1ccccc1. The minimum absolute atomic E-state index is 0.0122. The van der Waals surface area contributed by atoms with E-state index < -0.39 is 67.9 Å². The summed E-state index contributed by atoms with van der Waals surface area (Å²) in [7, 11) is 0. The Morgan fingerprint density at radius 1 is 0.860 bits per heavy atom. The summed E-state index contributed by atoms with van der Waals surface area (Å²) in [5, 5.41) is 34.1. The highest BCUT2D eigenvalue weighted by Crippen LogP contribution is 2.37. The molecule has 5 rings (SSSR count). The molecule has 1 amide bonds. The van der Waals surface area contributed by atoms with Gasteiger partial charge in [0.2, 0.25) is 0 Å². The second kappa shape index (κ2) is 18.5. The van der Waals surface area contributed by atoms with E-state index in [1.807, 2.05) is 67.6 Å². The largest absolute Gasteiger partial charge is 0.445 e. The third-order valence-corrected chi connectivity index (χ3v) is 9.94. The van der Waals surface area contributed by atoms with Crippen LogP contribution in [-0.2, 0) is 46.4 Å². The monoisotopic (exact) mass is 699 g/mol. The molecule has 2 aromatic carbocycles. The van der Waals surface area contributed by atoms with Crippen molar-refractivity contribution in [3.05, 3.63) is 84.4 Å². The molecule has 50 heavy (non-hydrogen) atoms. The van der Waals surface area contributed by atoms with E-state index in [-0.39, 0.29) is 30.7 Å². The van der Waals surface area contributed by atoms with Crippen LogP contribution in [0.3, 0.4) is 0 Å². The maximum absolute atomic E-state index is 12.5. The van der Waals surface area contributed by atoms with Gasteiger partial charge in [-0.2, -0.15) is 0 Å². The Morgan fingerprint density at radius 2 is 1.50 bits per heavy atom. The summed E-state index contributed by atoms with van der Waals surface area (Å²) in [6.07, 6.45) is -5.52. The molecule has 0 aromatic heterocycles. The fourth-order valence-corrected chi connectivity index (χ4v) is 6.89. The predicted molar refractivity (Wildman–Crippen MR) is 183 cm³/mol. The van der Waals surface area contributed by atoms with Gasteiger partial charge in [0.1, 0.15) is 37.1 Å². The number of carbonyl (C=O) groups excluding carboxylic acids is 1. The van der Waals surface area contributed by atoms with Gasteiger partial charge in [0, 0.05) is 5.92 Å². The highest BCUT2D eigenvalue weighted by molar-refractivity contribution is 5.67. The van der Waals surface area contributed by atoms with Crippen LogP contribution in [0.1, 0.15) is 51.2 Å². The summed E-state index contributed by atoms with van der Waals surface area (Å²) in [6.45, 7) is 9.82. The molecule has 12 heteroatoms. The van der Waals surface area contributed by atoms with Gasteiger partial charge in [0.15, 0.2) is 12.6 Å². The van der Waals surface area contributed by atoms with Crippen LogP contribution in [-0.4, -0.2) is 102 Å². The van der Waals surface area contributed by atoms with E-state index >= 15 is 0 Å². The van der Waals surface area contributed by atoms with Gasteiger partial charge in [-0.05, 0) is 36.8 Å². The molecule has 13 atom stereocenters. The number of carbonyl (C=O) groups is 1. The number of amides is 1. The highest BCUT2D eigenvalue weighted by atomic mass is 16.7. The molecule has 1 saturated carbocycles. The van der Waals surface area contributed by atoms with E-state index in [1.54, 1.807) is 0 Å².